The molecule has 1 aliphatic rings. The maximum atomic E-state index is 12.3. The van der Waals surface area contributed by atoms with Crippen molar-refractivity contribution in [3.8, 4) is 0 Å². The third kappa shape index (κ3) is 2.61. The third-order valence-corrected chi connectivity index (χ3v) is 7.15. The van der Waals surface area contributed by atoms with E-state index in [2.05, 4.69) is 6.92 Å². The van der Waals surface area contributed by atoms with Crippen molar-refractivity contribution in [2.45, 2.75) is 23.8 Å². The van der Waals surface area contributed by atoms with E-state index in [0.29, 0.717) is 10.3 Å². The van der Waals surface area contributed by atoms with E-state index in [1.165, 1.54) is 11.3 Å². The van der Waals surface area contributed by atoms with Crippen LogP contribution in [0.5, 0.6) is 0 Å². The van der Waals surface area contributed by atoms with Crippen molar-refractivity contribution in [2.24, 2.45) is 0 Å². The standard InChI is InChI=1S/C11H13ClOS3/c1-2-8-11(16-6-5-14-8)9(13)10-7(12)3-4-15-10/h3-4,8,11H,2,5-6H2,1H3. The first-order valence-electron chi connectivity index (χ1n) is 5.24. The fraction of sp³-hybridized carbons (Fsp3) is 0.545. The Hall–Kier alpha value is 0.360. The average Bonchev–Trinajstić information content (AvgIpc) is 2.74. The lowest BCUT2D eigenvalue weighted by molar-refractivity contribution is 0.0992. The summed E-state index contributed by atoms with van der Waals surface area (Å²) >= 11 is 11.2. The third-order valence-electron chi connectivity index (χ3n) is 2.55. The van der Waals surface area contributed by atoms with Crippen LogP contribution in [0.25, 0.3) is 0 Å². The van der Waals surface area contributed by atoms with Gasteiger partial charge in [-0.05, 0) is 17.9 Å². The quantitative estimate of drug-likeness (QED) is 0.777. The summed E-state index contributed by atoms with van der Waals surface area (Å²) in [6.45, 7) is 2.15. The molecule has 16 heavy (non-hydrogen) atoms. The van der Waals surface area contributed by atoms with Crippen LogP contribution in [0.1, 0.15) is 23.0 Å². The number of rotatable bonds is 3. The maximum Gasteiger partial charge on any atom is 0.188 e. The van der Waals surface area contributed by atoms with E-state index < -0.39 is 0 Å². The molecule has 1 nitrogen and oxygen atoms in total. The Morgan fingerprint density at radius 2 is 2.25 bits per heavy atom. The van der Waals surface area contributed by atoms with E-state index in [9.17, 15) is 4.79 Å². The minimum Gasteiger partial charge on any atom is -0.292 e. The Morgan fingerprint density at radius 3 is 2.88 bits per heavy atom. The van der Waals surface area contributed by atoms with Crippen molar-refractivity contribution >= 4 is 52.2 Å². The van der Waals surface area contributed by atoms with Gasteiger partial charge in [0.1, 0.15) is 0 Å². The Balaban J connectivity index is 2.17. The van der Waals surface area contributed by atoms with Crippen molar-refractivity contribution in [1.29, 1.82) is 0 Å². The van der Waals surface area contributed by atoms with E-state index in [4.69, 9.17) is 11.6 Å². The molecule has 5 heteroatoms. The fourth-order valence-electron chi connectivity index (χ4n) is 1.74. The summed E-state index contributed by atoms with van der Waals surface area (Å²) in [6, 6.07) is 1.81. The molecule has 1 saturated heterocycles. The zero-order chi connectivity index (χ0) is 11.5. The molecule has 2 unspecified atom stereocenters. The van der Waals surface area contributed by atoms with Gasteiger partial charge in [0.2, 0.25) is 0 Å². The summed E-state index contributed by atoms with van der Waals surface area (Å²) in [5.41, 5.74) is 0. The van der Waals surface area contributed by atoms with E-state index in [1.807, 2.05) is 17.1 Å². The Morgan fingerprint density at radius 1 is 1.50 bits per heavy atom. The average molecular weight is 293 g/mol. The van der Waals surface area contributed by atoms with Gasteiger partial charge >= 0.3 is 0 Å². The second-order valence-corrected chi connectivity index (χ2v) is 7.49. The molecular formula is C11H13ClOS3. The van der Waals surface area contributed by atoms with Crippen LogP contribution in [-0.2, 0) is 0 Å². The van der Waals surface area contributed by atoms with Gasteiger partial charge in [0, 0.05) is 16.8 Å². The number of thioether (sulfide) groups is 2. The minimum absolute atomic E-state index is 0.0971. The van der Waals surface area contributed by atoms with Crippen molar-refractivity contribution < 1.29 is 4.79 Å². The molecule has 0 bridgehead atoms. The first-order valence-corrected chi connectivity index (χ1v) is 8.60. The smallest absolute Gasteiger partial charge is 0.188 e. The second-order valence-electron chi connectivity index (χ2n) is 3.57. The number of hydrogen-bond acceptors (Lipinski definition) is 4. The molecule has 0 amide bonds. The van der Waals surface area contributed by atoms with Gasteiger partial charge in [-0.25, -0.2) is 0 Å². The molecule has 0 spiro atoms. The fourth-order valence-corrected chi connectivity index (χ4v) is 5.96. The topological polar surface area (TPSA) is 17.1 Å². The highest BCUT2D eigenvalue weighted by atomic mass is 35.5. The molecule has 0 aromatic carbocycles. The Kier molecular flexibility index (Phi) is 4.65. The van der Waals surface area contributed by atoms with Crippen LogP contribution in [0.4, 0.5) is 0 Å². The van der Waals surface area contributed by atoms with E-state index in [-0.39, 0.29) is 11.0 Å². The van der Waals surface area contributed by atoms with Crippen molar-refractivity contribution in [3.05, 3.63) is 21.3 Å². The van der Waals surface area contributed by atoms with Crippen molar-refractivity contribution in [3.63, 3.8) is 0 Å². The minimum atomic E-state index is 0.0971. The normalized spacial score (nSPS) is 25.6. The molecule has 1 aromatic heterocycles. The molecule has 2 atom stereocenters. The van der Waals surface area contributed by atoms with Crippen LogP contribution in [0, 0.1) is 0 Å². The lowest BCUT2D eigenvalue weighted by Gasteiger charge is -2.28. The highest BCUT2D eigenvalue weighted by molar-refractivity contribution is 8.07. The molecule has 0 radical (unpaired) electrons. The highest BCUT2D eigenvalue weighted by Gasteiger charge is 2.32. The monoisotopic (exact) mass is 292 g/mol. The second kappa shape index (κ2) is 5.80. The van der Waals surface area contributed by atoms with Gasteiger partial charge in [-0.3, -0.25) is 4.79 Å². The number of ketones is 1. The number of carbonyl (C=O) groups excluding carboxylic acids is 1. The van der Waals surface area contributed by atoms with Gasteiger partial charge in [0.25, 0.3) is 0 Å². The molecule has 2 rings (SSSR count). The number of carbonyl (C=O) groups is 1. The number of thiophene rings is 1. The van der Waals surface area contributed by atoms with Gasteiger partial charge in [0.05, 0.1) is 15.1 Å². The van der Waals surface area contributed by atoms with Crippen LogP contribution in [0.3, 0.4) is 0 Å². The molecular weight excluding hydrogens is 280 g/mol. The van der Waals surface area contributed by atoms with E-state index in [0.717, 1.165) is 22.8 Å². The summed E-state index contributed by atoms with van der Waals surface area (Å²) in [5.74, 6) is 2.45. The molecule has 0 saturated carbocycles. The van der Waals surface area contributed by atoms with Crippen molar-refractivity contribution in [2.75, 3.05) is 11.5 Å². The molecule has 2 heterocycles. The lowest BCUT2D eigenvalue weighted by Crippen LogP contribution is -2.32. The Labute approximate surface area is 113 Å². The van der Waals surface area contributed by atoms with Crippen LogP contribution in [0.15, 0.2) is 11.4 Å². The van der Waals surface area contributed by atoms with Gasteiger partial charge < -0.3 is 0 Å². The van der Waals surface area contributed by atoms with E-state index in [1.54, 1.807) is 17.8 Å². The van der Waals surface area contributed by atoms with E-state index >= 15 is 0 Å². The predicted octanol–water partition coefficient (Wildman–Crippen LogP) is 4.21. The zero-order valence-electron chi connectivity index (χ0n) is 8.94. The summed E-state index contributed by atoms with van der Waals surface area (Å²) in [5, 5.41) is 3.04. The van der Waals surface area contributed by atoms with Gasteiger partial charge in [0.15, 0.2) is 5.78 Å². The largest absolute Gasteiger partial charge is 0.292 e. The molecule has 1 fully saturated rings. The molecule has 0 aliphatic carbocycles. The summed E-state index contributed by atoms with van der Waals surface area (Å²) in [4.78, 5) is 13.1. The number of Topliss-reactive ketones (excluding diaryl/α,β-unsaturated/α-hetero) is 1. The molecule has 0 N–H and O–H groups in total. The SMILES string of the molecule is CCC1SCCSC1C(=O)c1sccc1Cl. The summed E-state index contributed by atoms with van der Waals surface area (Å²) in [6.07, 6.45) is 1.05. The predicted molar refractivity (Wildman–Crippen MR) is 76.4 cm³/mol. The molecule has 1 aliphatic heterocycles. The summed E-state index contributed by atoms with van der Waals surface area (Å²) < 4.78 is 0. The van der Waals surface area contributed by atoms with Crippen LogP contribution in [-0.4, -0.2) is 27.8 Å². The molecule has 1 aromatic rings. The number of halogens is 1. The zero-order valence-corrected chi connectivity index (χ0v) is 12.1. The number of hydrogen-bond donors (Lipinski definition) is 0. The Bertz CT molecular complexity index is 377. The lowest BCUT2D eigenvalue weighted by atomic mass is 10.1. The van der Waals surface area contributed by atoms with Crippen LogP contribution >= 0.6 is 46.5 Å². The van der Waals surface area contributed by atoms with Gasteiger partial charge in [-0.1, -0.05) is 18.5 Å². The van der Waals surface area contributed by atoms with Crippen LogP contribution in [0.2, 0.25) is 5.02 Å². The summed E-state index contributed by atoms with van der Waals surface area (Å²) in [7, 11) is 0. The molecule has 88 valence electrons. The van der Waals surface area contributed by atoms with Crippen LogP contribution < -0.4 is 0 Å². The van der Waals surface area contributed by atoms with Crippen molar-refractivity contribution in [1.82, 2.24) is 0 Å². The first-order chi connectivity index (χ1) is 7.74. The maximum absolute atomic E-state index is 12.3. The first kappa shape index (κ1) is 12.8. The van der Waals surface area contributed by atoms with Gasteiger partial charge in [-0.15, -0.1) is 23.1 Å². The van der Waals surface area contributed by atoms with Gasteiger partial charge in [-0.2, -0.15) is 11.8 Å². The highest BCUT2D eigenvalue weighted by Crippen LogP contribution is 2.37.